The van der Waals surface area contributed by atoms with Crippen molar-refractivity contribution >= 4 is 17.4 Å². The first kappa shape index (κ1) is 13.2. The van der Waals surface area contributed by atoms with Crippen LogP contribution >= 0.6 is 11.6 Å². The van der Waals surface area contributed by atoms with Crippen molar-refractivity contribution in [2.45, 2.75) is 20.3 Å². The summed E-state index contributed by atoms with van der Waals surface area (Å²) in [6.07, 6.45) is 0.465. The van der Waals surface area contributed by atoms with Gasteiger partial charge in [-0.25, -0.2) is 0 Å². The Morgan fingerprint density at radius 3 is 2.88 bits per heavy atom. The number of carbonyl (C=O) groups is 1. The normalized spacial score (nSPS) is 12.4. The lowest BCUT2D eigenvalue weighted by Gasteiger charge is -2.10. The molecule has 0 aliphatic carbocycles. The van der Waals surface area contributed by atoms with Crippen LogP contribution in [0.5, 0.6) is 0 Å². The van der Waals surface area contributed by atoms with Gasteiger partial charge < -0.3 is 5.32 Å². The molecule has 1 atom stereocenters. The van der Waals surface area contributed by atoms with Gasteiger partial charge in [0.05, 0.1) is 0 Å². The number of Topliss-reactive ketones (excluding diaryl/α,β-unsaturated/α-hetero) is 1. The molecule has 0 bridgehead atoms. The highest BCUT2D eigenvalue weighted by Crippen LogP contribution is 2.12. The zero-order chi connectivity index (χ0) is 12.0. The van der Waals surface area contributed by atoms with E-state index in [4.69, 9.17) is 11.6 Å². The second-order valence-electron chi connectivity index (χ2n) is 3.98. The van der Waals surface area contributed by atoms with Gasteiger partial charge in [0.1, 0.15) is 5.78 Å². The van der Waals surface area contributed by atoms with Crippen LogP contribution in [-0.2, 0) is 11.2 Å². The van der Waals surface area contributed by atoms with Crippen molar-refractivity contribution in [3.8, 4) is 0 Å². The van der Waals surface area contributed by atoms with Crippen molar-refractivity contribution in [1.29, 1.82) is 0 Å². The number of carbonyl (C=O) groups excluding carboxylic acids is 1. The van der Waals surface area contributed by atoms with Gasteiger partial charge in [-0.15, -0.1) is 0 Å². The van der Waals surface area contributed by atoms with Gasteiger partial charge in [0.15, 0.2) is 0 Å². The summed E-state index contributed by atoms with van der Waals surface area (Å²) in [6.45, 7) is 5.63. The van der Waals surface area contributed by atoms with E-state index in [1.165, 1.54) is 0 Å². The second-order valence-corrected chi connectivity index (χ2v) is 4.42. The number of nitrogens with one attached hydrogen (secondary N) is 1. The van der Waals surface area contributed by atoms with E-state index >= 15 is 0 Å². The number of ketones is 1. The van der Waals surface area contributed by atoms with Gasteiger partial charge in [-0.3, -0.25) is 4.79 Å². The quantitative estimate of drug-likeness (QED) is 0.827. The molecule has 1 unspecified atom stereocenters. The topological polar surface area (TPSA) is 29.1 Å². The molecule has 0 aliphatic rings. The van der Waals surface area contributed by atoms with Crippen LogP contribution in [0.25, 0.3) is 0 Å². The molecular formula is C13H18ClNO. The SMILES string of the molecule is CCNCC(C)C(=O)Cc1cccc(Cl)c1. The molecular weight excluding hydrogens is 222 g/mol. The van der Waals surface area contributed by atoms with Crippen molar-refractivity contribution in [2.75, 3.05) is 13.1 Å². The van der Waals surface area contributed by atoms with Gasteiger partial charge in [0, 0.05) is 23.9 Å². The van der Waals surface area contributed by atoms with Crippen LogP contribution in [0.3, 0.4) is 0 Å². The molecule has 0 radical (unpaired) electrons. The highest BCUT2D eigenvalue weighted by molar-refractivity contribution is 6.30. The molecule has 0 amide bonds. The van der Waals surface area contributed by atoms with Crippen LogP contribution in [-0.4, -0.2) is 18.9 Å². The molecule has 0 fully saturated rings. The third-order valence-electron chi connectivity index (χ3n) is 2.52. The zero-order valence-electron chi connectivity index (χ0n) is 9.79. The Morgan fingerprint density at radius 2 is 2.25 bits per heavy atom. The molecule has 1 aromatic carbocycles. The Hall–Kier alpha value is -0.860. The summed E-state index contributed by atoms with van der Waals surface area (Å²) >= 11 is 5.87. The van der Waals surface area contributed by atoms with Crippen molar-refractivity contribution in [3.05, 3.63) is 34.9 Å². The van der Waals surface area contributed by atoms with E-state index in [0.29, 0.717) is 11.4 Å². The minimum atomic E-state index is 0.0546. The van der Waals surface area contributed by atoms with Crippen molar-refractivity contribution in [2.24, 2.45) is 5.92 Å². The Bertz CT molecular complexity index is 352. The van der Waals surface area contributed by atoms with E-state index in [9.17, 15) is 4.79 Å². The number of halogens is 1. The predicted molar refractivity (Wildman–Crippen MR) is 67.9 cm³/mol. The summed E-state index contributed by atoms with van der Waals surface area (Å²) in [5.74, 6) is 0.308. The maximum Gasteiger partial charge on any atom is 0.141 e. The van der Waals surface area contributed by atoms with Crippen molar-refractivity contribution in [1.82, 2.24) is 5.32 Å². The average molecular weight is 240 g/mol. The van der Waals surface area contributed by atoms with E-state index < -0.39 is 0 Å². The summed E-state index contributed by atoms with van der Waals surface area (Å²) in [6, 6.07) is 7.47. The lowest BCUT2D eigenvalue weighted by molar-refractivity contribution is -0.121. The van der Waals surface area contributed by atoms with Crippen LogP contribution in [0.15, 0.2) is 24.3 Å². The fourth-order valence-electron chi connectivity index (χ4n) is 1.50. The van der Waals surface area contributed by atoms with E-state index in [-0.39, 0.29) is 11.7 Å². The molecule has 2 nitrogen and oxygen atoms in total. The molecule has 3 heteroatoms. The van der Waals surface area contributed by atoms with Crippen molar-refractivity contribution in [3.63, 3.8) is 0 Å². The van der Waals surface area contributed by atoms with Gasteiger partial charge in [-0.05, 0) is 24.2 Å². The number of hydrogen-bond donors (Lipinski definition) is 1. The molecule has 16 heavy (non-hydrogen) atoms. The lowest BCUT2D eigenvalue weighted by atomic mass is 9.99. The first-order chi connectivity index (χ1) is 7.63. The van der Waals surface area contributed by atoms with Crippen LogP contribution in [0.2, 0.25) is 5.02 Å². The molecule has 0 saturated carbocycles. The average Bonchev–Trinajstić information content (AvgIpc) is 2.25. The van der Waals surface area contributed by atoms with E-state index in [0.717, 1.165) is 18.7 Å². The van der Waals surface area contributed by atoms with Crippen LogP contribution in [0, 0.1) is 5.92 Å². The summed E-state index contributed by atoms with van der Waals surface area (Å²) in [7, 11) is 0. The lowest BCUT2D eigenvalue weighted by Crippen LogP contribution is -2.27. The summed E-state index contributed by atoms with van der Waals surface area (Å²) in [5.41, 5.74) is 0.987. The first-order valence-electron chi connectivity index (χ1n) is 5.61. The monoisotopic (exact) mass is 239 g/mol. The van der Waals surface area contributed by atoms with Gasteiger partial charge in [-0.1, -0.05) is 37.6 Å². The number of hydrogen-bond acceptors (Lipinski definition) is 2. The van der Waals surface area contributed by atoms with Crippen LogP contribution in [0.1, 0.15) is 19.4 Å². The van der Waals surface area contributed by atoms with Gasteiger partial charge >= 0.3 is 0 Å². The minimum Gasteiger partial charge on any atom is -0.316 e. The summed E-state index contributed by atoms with van der Waals surface area (Å²) in [5, 5.41) is 3.86. The fraction of sp³-hybridized carbons (Fsp3) is 0.462. The zero-order valence-corrected chi connectivity index (χ0v) is 10.6. The highest BCUT2D eigenvalue weighted by atomic mass is 35.5. The summed E-state index contributed by atoms with van der Waals surface area (Å²) < 4.78 is 0. The Kier molecular flexibility index (Phi) is 5.50. The van der Waals surface area contributed by atoms with Gasteiger partial charge in [0.25, 0.3) is 0 Å². The standard InChI is InChI=1S/C13H18ClNO/c1-3-15-9-10(2)13(16)8-11-5-4-6-12(14)7-11/h4-7,10,15H,3,8-9H2,1-2H3. The first-order valence-corrected chi connectivity index (χ1v) is 5.99. The van der Waals surface area contributed by atoms with E-state index in [2.05, 4.69) is 5.32 Å². The van der Waals surface area contributed by atoms with Gasteiger partial charge in [0.2, 0.25) is 0 Å². The third kappa shape index (κ3) is 4.33. The van der Waals surface area contributed by atoms with E-state index in [1.807, 2.05) is 38.1 Å². The smallest absolute Gasteiger partial charge is 0.141 e. The largest absolute Gasteiger partial charge is 0.316 e. The molecule has 1 rings (SSSR count). The van der Waals surface area contributed by atoms with E-state index in [1.54, 1.807) is 0 Å². The Morgan fingerprint density at radius 1 is 1.50 bits per heavy atom. The number of rotatable bonds is 6. The summed E-state index contributed by atoms with van der Waals surface area (Å²) in [4.78, 5) is 11.8. The fourth-order valence-corrected chi connectivity index (χ4v) is 1.71. The molecule has 0 spiro atoms. The predicted octanol–water partition coefficient (Wildman–Crippen LogP) is 2.70. The molecule has 88 valence electrons. The maximum absolute atomic E-state index is 11.8. The van der Waals surface area contributed by atoms with Gasteiger partial charge in [-0.2, -0.15) is 0 Å². The molecule has 0 saturated heterocycles. The number of benzene rings is 1. The second kappa shape index (κ2) is 6.66. The van der Waals surface area contributed by atoms with Crippen molar-refractivity contribution < 1.29 is 4.79 Å². The third-order valence-corrected chi connectivity index (χ3v) is 2.75. The minimum absolute atomic E-state index is 0.0546. The Balaban J connectivity index is 2.50. The highest BCUT2D eigenvalue weighted by Gasteiger charge is 2.12. The molecule has 0 heterocycles. The maximum atomic E-state index is 11.8. The van der Waals surface area contributed by atoms with Crippen LogP contribution < -0.4 is 5.32 Å². The molecule has 0 aliphatic heterocycles. The van der Waals surface area contributed by atoms with Crippen LogP contribution in [0.4, 0.5) is 0 Å². The molecule has 1 aromatic rings. The molecule has 1 N–H and O–H groups in total. The Labute approximate surface area is 102 Å². The molecule has 0 aromatic heterocycles.